The molecule has 1 heteroatoms. The Morgan fingerprint density at radius 2 is 1.44 bits per heavy atom. The van der Waals surface area contributed by atoms with Crippen LogP contribution >= 0.6 is 0 Å². The molecule has 0 bridgehead atoms. The third kappa shape index (κ3) is 4.95. The van der Waals surface area contributed by atoms with Crippen molar-refractivity contribution in [2.75, 3.05) is 0 Å². The van der Waals surface area contributed by atoms with Crippen LogP contribution in [0.15, 0.2) is 42.5 Å². The lowest BCUT2D eigenvalue weighted by Gasteiger charge is -2.29. The van der Waals surface area contributed by atoms with Crippen LogP contribution in [0.2, 0.25) is 0 Å². The van der Waals surface area contributed by atoms with Crippen molar-refractivity contribution < 1.29 is 5.32 Å². The van der Waals surface area contributed by atoms with Crippen LogP contribution in [0.4, 0.5) is 5.69 Å². The first-order valence-electron chi connectivity index (χ1n) is 9.56. The van der Waals surface area contributed by atoms with E-state index in [0.29, 0.717) is 5.92 Å². The lowest BCUT2D eigenvalue weighted by atomic mass is 9.77. The van der Waals surface area contributed by atoms with Gasteiger partial charge in [0.05, 0.1) is 0 Å². The summed E-state index contributed by atoms with van der Waals surface area (Å²) in [5.74, 6) is 0.519. The van der Waals surface area contributed by atoms with Gasteiger partial charge in [-0.3, -0.25) is 0 Å². The molecule has 0 aliphatic carbocycles. The van der Waals surface area contributed by atoms with Gasteiger partial charge in [-0.05, 0) is 34.4 Å². The molecule has 0 radical (unpaired) electrons. The van der Waals surface area contributed by atoms with E-state index < -0.39 is 0 Å². The van der Waals surface area contributed by atoms with Gasteiger partial charge in [0, 0.05) is 16.7 Å². The summed E-state index contributed by atoms with van der Waals surface area (Å²) in [6.45, 7) is 19.5. The molecule has 0 unspecified atom stereocenters. The van der Waals surface area contributed by atoms with E-state index in [2.05, 4.69) is 103 Å². The van der Waals surface area contributed by atoms with E-state index in [-0.39, 0.29) is 10.8 Å². The molecule has 0 saturated carbocycles. The monoisotopic (exact) mass is 338 g/mol. The number of hydrogen-bond acceptors (Lipinski definition) is 0. The first-order valence-corrected chi connectivity index (χ1v) is 9.56. The maximum absolute atomic E-state index is 2.45. The Labute approximate surface area is 154 Å². The molecule has 25 heavy (non-hydrogen) atoms. The van der Waals surface area contributed by atoms with Crippen LogP contribution in [-0.4, -0.2) is 0 Å². The summed E-state index contributed by atoms with van der Waals surface area (Å²) >= 11 is 0. The maximum Gasteiger partial charge on any atom is 0.137 e. The van der Waals surface area contributed by atoms with Crippen molar-refractivity contribution in [2.24, 2.45) is 0 Å². The molecule has 0 atom stereocenters. The quantitative estimate of drug-likeness (QED) is 0.678. The second kappa shape index (κ2) is 7.33. The summed E-state index contributed by atoms with van der Waals surface area (Å²) < 4.78 is 0. The van der Waals surface area contributed by atoms with Crippen LogP contribution in [0, 0.1) is 0 Å². The molecule has 2 aromatic carbocycles. The molecule has 2 N–H and O–H groups in total. The molecule has 0 saturated heterocycles. The average Bonchev–Trinajstić information content (AvgIpc) is 2.51. The van der Waals surface area contributed by atoms with Gasteiger partial charge < -0.3 is 5.32 Å². The van der Waals surface area contributed by atoms with E-state index in [4.69, 9.17) is 0 Å². The van der Waals surface area contributed by atoms with E-state index in [1.54, 1.807) is 0 Å². The van der Waals surface area contributed by atoms with Gasteiger partial charge in [0.1, 0.15) is 12.2 Å². The smallest absolute Gasteiger partial charge is 0.137 e. The van der Waals surface area contributed by atoms with Gasteiger partial charge in [0.15, 0.2) is 0 Å². The van der Waals surface area contributed by atoms with Gasteiger partial charge in [-0.15, -0.1) is 0 Å². The van der Waals surface area contributed by atoms with E-state index in [1.807, 2.05) is 0 Å². The van der Waals surface area contributed by atoms with E-state index in [0.717, 1.165) is 6.54 Å². The highest BCUT2D eigenvalue weighted by molar-refractivity contribution is 5.55. The molecule has 0 aliphatic heterocycles. The Balaban J connectivity index is 2.55. The second-order valence-corrected chi connectivity index (χ2v) is 9.58. The summed E-state index contributed by atoms with van der Waals surface area (Å²) in [6, 6.07) is 15.7. The highest BCUT2D eigenvalue weighted by Gasteiger charge is 2.28. The molecule has 0 aromatic heterocycles. The molecule has 2 aromatic rings. The molecule has 136 valence electrons. The number of rotatable bonds is 4. The van der Waals surface area contributed by atoms with E-state index in [1.165, 1.54) is 27.9 Å². The van der Waals surface area contributed by atoms with Crippen LogP contribution in [-0.2, 0) is 17.4 Å². The van der Waals surface area contributed by atoms with E-state index in [9.17, 15) is 0 Å². The maximum atomic E-state index is 2.45. The van der Waals surface area contributed by atoms with Crippen molar-refractivity contribution in [3.8, 4) is 0 Å². The SMILES string of the molecule is CC(C)c1cc(C(C)(C)C)cc(C(C)(C)C)c1[NH2+]Cc1ccccc1. The first kappa shape index (κ1) is 19.7. The molecule has 0 spiro atoms. The van der Waals surface area contributed by atoms with Crippen LogP contribution < -0.4 is 5.32 Å². The Morgan fingerprint density at radius 1 is 0.840 bits per heavy atom. The van der Waals surface area contributed by atoms with Crippen molar-refractivity contribution >= 4 is 5.69 Å². The van der Waals surface area contributed by atoms with Crippen molar-refractivity contribution in [1.82, 2.24) is 0 Å². The van der Waals surface area contributed by atoms with Gasteiger partial charge >= 0.3 is 0 Å². The minimum Gasteiger partial charge on any atom is -0.310 e. The first-order chi connectivity index (χ1) is 11.5. The van der Waals surface area contributed by atoms with Gasteiger partial charge in [-0.2, -0.15) is 0 Å². The predicted octanol–water partition coefficient (Wildman–Crippen LogP) is 5.80. The van der Waals surface area contributed by atoms with Crippen LogP contribution in [0.5, 0.6) is 0 Å². The fourth-order valence-corrected chi connectivity index (χ4v) is 3.27. The minimum atomic E-state index is 0.132. The summed E-state index contributed by atoms with van der Waals surface area (Å²) in [5.41, 5.74) is 7.51. The van der Waals surface area contributed by atoms with Crippen LogP contribution in [0.25, 0.3) is 0 Å². The Bertz CT molecular complexity index is 697. The zero-order chi connectivity index (χ0) is 18.8. The fraction of sp³-hybridized carbons (Fsp3) is 0.500. The number of benzene rings is 2. The standard InChI is InChI=1S/C24H35N/c1-17(2)20-14-19(23(3,4)5)15-21(24(6,7)8)22(20)25-16-18-12-10-9-11-13-18/h9-15,17,25H,16H2,1-8H3/p+1. The van der Waals surface area contributed by atoms with Gasteiger partial charge in [-0.1, -0.05) is 85.7 Å². The van der Waals surface area contributed by atoms with Gasteiger partial charge in [-0.25, -0.2) is 0 Å². The van der Waals surface area contributed by atoms with Gasteiger partial charge in [0.25, 0.3) is 0 Å². The van der Waals surface area contributed by atoms with Gasteiger partial charge in [0.2, 0.25) is 0 Å². The van der Waals surface area contributed by atoms with Crippen molar-refractivity contribution in [3.63, 3.8) is 0 Å². The predicted molar refractivity (Wildman–Crippen MR) is 110 cm³/mol. The summed E-state index contributed by atoms with van der Waals surface area (Å²) in [6.07, 6.45) is 0. The number of nitrogens with two attached hydrogens (primary N) is 1. The normalized spacial score (nSPS) is 12.7. The van der Waals surface area contributed by atoms with Crippen LogP contribution in [0.1, 0.15) is 83.6 Å². The Morgan fingerprint density at radius 3 is 1.92 bits per heavy atom. The minimum absolute atomic E-state index is 0.132. The van der Waals surface area contributed by atoms with E-state index >= 15 is 0 Å². The average molecular weight is 339 g/mol. The summed E-state index contributed by atoms with van der Waals surface area (Å²) in [5, 5.41) is 2.44. The third-order valence-electron chi connectivity index (χ3n) is 4.89. The molecule has 0 heterocycles. The highest BCUT2D eigenvalue weighted by atomic mass is 14.9. The summed E-state index contributed by atoms with van der Waals surface area (Å²) in [4.78, 5) is 0. The lowest BCUT2D eigenvalue weighted by Crippen LogP contribution is -2.77. The molecule has 0 fully saturated rings. The lowest BCUT2D eigenvalue weighted by molar-refractivity contribution is -0.589. The second-order valence-electron chi connectivity index (χ2n) is 9.58. The zero-order valence-corrected chi connectivity index (χ0v) is 17.4. The number of hydrogen-bond donors (Lipinski definition) is 1. The zero-order valence-electron chi connectivity index (χ0n) is 17.4. The molecule has 0 aliphatic rings. The highest BCUT2D eigenvalue weighted by Crippen LogP contribution is 2.37. The number of quaternary nitrogens is 1. The molecular weight excluding hydrogens is 302 g/mol. The molecular formula is C24H36N+. The van der Waals surface area contributed by atoms with Crippen molar-refractivity contribution in [3.05, 3.63) is 64.7 Å². The van der Waals surface area contributed by atoms with Crippen molar-refractivity contribution in [2.45, 2.75) is 78.7 Å². The Hall–Kier alpha value is -1.60. The fourth-order valence-electron chi connectivity index (χ4n) is 3.27. The van der Waals surface area contributed by atoms with Crippen LogP contribution in [0.3, 0.4) is 0 Å². The molecule has 1 nitrogen and oxygen atoms in total. The molecule has 2 rings (SSSR count). The largest absolute Gasteiger partial charge is 0.310 e. The third-order valence-corrected chi connectivity index (χ3v) is 4.89. The summed E-state index contributed by atoms with van der Waals surface area (Å²) in [7, 11) is 0. The van der Waals surface area contributed by atoms with Crippen molar-refractivity contribution in [1.29, 1.82) is 0 Å². The topological polar surface area (TPSA) is 16.6 Å². The Kier molecular flexibility index (Phi) is 5.79. The molecule has 0 amide bonds.